The van der Waals surface area contributed by atoms with Crippen LogP contribution in [0.2, 0.25) is 6.04 Å². The van der Waals surface area contributed by atoms with Crippen molar-refractivity contribution in [3.63, 3.8) is 0 Å². The third-order valence-electron chi connectivity index (χ3n) is 10.3. The number of aliphatic hydroxyl groups is 2. The molecule has 0 saturated heterocycles. The van der Waals surface area contributed by atoms with E-state index < -0.39 is 17.1 Å². The molecule has 0 amide bonds. The Bertz CT molecular complexity index is 921. The van der Waals surface area contributed by atoms with E-state index in [9.17, 15) is 15.0 Å². The van der Waals surface area contributed by atoms with E-state index in [1.807, 2.05) is 12.2 Å². The van der Waals surface area contributed by atoms with E-state index in [2.05, 4.69) is 39.4 Å². The Morgan fingerprint density at radius 1 is 1.33 bits per heavy atom. The summed E-state index contributed by atoms with van der Waals surface area (Å²) in [6.45, 7) is 15.3. The molecule has 0 heterocycles. The van der Waals surface area contributed by atoms with E-state index in [1.54, 1.807) is 0 Å². The Kier molecular flexibility index (Phi) is 6.88. The van der Waals surface area contributed by atoms with E-state index in [0.29, 0.717) is 40.1 Å². The molecule has 3 nitrogen and oxygen atoms in total. The van der Waals surface area contributed by atoms with Gasteiger partial charge in [-0.05, 0) is 76.5 Å². The maximum atomic E-state index is 12.2. The molecular weight excluding hydrogens is 424 g/mol. The highest BCUT2D eigenvalue weighted by Crippen LogP contribution is 2.69. The van der Waals surface area contributed by atoms with Crippen LogP contribution in [0.4, 0.5) is 0 Å². The van der Waals surface area contributed by atoms with Crippen molar-refractivity contribution in [2.75, 3.05) is 0 Å². The molecule has 4 aliphatic carbocycles. The van der Waals surface area contributed by atoms with Gasteiger partial charge in [-0.2, -0.15) is 0 Å². The zero-order chi connectivity index (χ0) is 24.0. The Balaban J connectivity index is 1.64. The molecular formula is C29H42O3Si. The Hall–Kier alpha value is -1.19. The molecule has 0 aromatic heterocycles. The van der Waals surface area contributed by atoms with E-state index in [1.165, 1.54) is 18.4 Å². The van der Waals surface area contributed by atoms with Crippen LogP contribution in [-0.4, -0.2) is 36.7 Å². The van der Waals surface area contributed by atoms with Gasteiger partial charge in [0.15, 0.2) is 5.78 Å². The molecule has 0 aromatic carbocycles. The van der Waals surface area contributed by atoms with Gasteiger partial charge in [-0.25, -0.2) is 0 Å². The van der Waals surface area contributed by atoms with Gasteiger partial charge in [-0.1, -0.05) is 51.8 Å². The van der Waals surface area contributed by atoms with Gasteiger partial charge in [0, 0.05) is 29.6 Å². The van der Waals surface area contributed by atoms with Crippen molar-refractivity contribution in [1.82, 2.24) is 0 Å². The van der Waals surface area contributed by atoms with Crippen LogP contribution < -0.4 is 0 Å². The molecule has 7 atom stereocenters. The minimum absolute atomic E-state index is 0.0704. The summed E-state index contributed by atoms with van der Waals surface area (Å²) in [6, 6.07) is 1.15. The van der Waals surface area contributed by atoms with E-state index in [0.717, 1.165) is 43.2 Å². The lowest BCUT2D eigenvalue weighted by atomic mass is 9.45. The summed E-state index contributed by atoms with van der Waals surface area (Å²) in [7, 11) is 0.632. The fourth-order valence-electron chi connectivity index (χ4n) is 8.10. The van der Waals surface area contributed by atoms with Gasteiger partial charge in [0.2, 0.25) is 0 Å². The molecule has 0 radical (unpaired) electrons. The van der Waals surface area contributed by atoms with Crippen LogP contribution in [0.3, 0.4) is 0 Å². The van der Waals surface area contributed by atoms with Crippen molar-refractivity contribution in [2.45, 2.75) is 96.3 Å². The largest absolute Gasteiger partial charge is 0.393 e. The Morgan fingerprint density at radius 3 is 2.73 bits per heavy atom. The Labute approximate surface area is 202 Å². The Morgan fingerprint density at radius 2 is 2.06 bits per heavy atom. The first-order valence-electron chi connectivity index (χ1n) is 13.1. The fraction of sp³-hybridized carbons (Fsp3) is 0.724. The van der Waals surface area contributed by atoms with Gasteiger partial charge in [0.05, 0.1) is 6.10 Å². The third-order valence-corrected chi connectivity index (χ3v) is 11.5. The number of ketones is 1. The summed E-state index contributed by atoms with van der Waals surface area (Å²) in [5.74, 6) is 1.62. The van der Waals surface area contributed by atoms with E-state index in [-0.39, 0.29) is 17.1 Å². The highest BCUT2D eigenvalue weighted by atomic mass is 28.2. The molecule has 0 bridgehead atoms. The SMILES string of the molecule is C=CC12CCC(=O)C=C1CCC1C2C(O)CC2(C)C1CC(=C)C2(O)CC#[Si]CC(CC)CC. The number of fused-ring (bicyclic) bond motifs is 5. The zero-order valence-corrected chi connectivity index (χ0v) is 21.8. The standard InChI is InChI=1S/C29H42O3Si/c1-6-20(7-2)18-33-14-13-29(32)19(4)15-24-23-10-9-21-16-22(30)11-12-28(21,8-3)26(23)25(31)17-27(24,29)5/h8,16,20,23-26,31-32H,3-4,6-7,9-13,15,17-18H2,1-2,5H3. The predicted molar refractivity (Wildman–Crippen MR) is 135 cm³/mol. The molecule has 33 heavy (non-hydrogen) atoms. The van der Waals surface area contributed by atoms with Crippen molar-refractivity contribution in [3.05, 3.63) is 36.5 Å². The van der Waals surface area contributed by atoms with Crippen LogP contribution in [-0.2, 0) is 4.79 Å². The molecule has 3 fully saturated rings. The van der Waals surface area contributed by atoms with E-state index >= 15 is 0 Å². The first-order valence-corrected chi connectivity index (χ1v) is 14.3. The highest BCUT2D eigenvalue weighted by Gasteiger charge is 2.67. The minimum atomic E-state index is -0.996. The van der Waals surface area contributed by atoms with Crippen molar-refractivity contribution in [2.24, 2.45) is 34.5 Å². The van der Waals surface area contributed by atoms with Gasteiger partial charge in [0.1, 0.15) is 5.60 Å². The molecule has 4 aliphatic rings. The van der Waals surface area contributed by atoms with Crippen LogP contribution in [0.1, 0.15) is 78.6 Å². The fourth-order valence-corrected chi connectivity index (χ4v) is 9.49. The minimum Gasteiger partial charge on any atom is -0.393 e. The molecule has 0 aliphatic heterocycles. The molecule has 7 unspecified atom stereocenters. The molecule has 0 aromatic rings. The average molecular weight is 467 g/mol. The number of allylic oxidation sites excluding steroid dienone is 2. The molecule has 180 valence electrons. The van der Waals surface area contributed by atoms with Crippen molar-refractivity contribution < 1.29 is 15.0 Å². The van der Waals surface area contributed by atoms with Gasteiger partial charge in [-0.15, -0.1) is 12.1 Å². The summed E-state index contributed by atoms with van der Waals surface area (Å²) in [4.78, 5) is 12.2. The molecule has 3 saturated carbocycles. The molecule has 4 rings (SSSR count). The van der Waals surface area contributed by atoms with Crippen LogP contribution in [0.15, 0.2) is 36.5 Å². The normalized spacial score (nSPS) is 42.1. The van der Waals surface area contributed by atoms with Gasteiger partial charge in [-0.3, -0.25) is 4.79 Å². The second-order valence-electron chi connectivity index (χ2n) is 11.5. The first-order chi connectivity index (χ1) is 15.7. The molecule has 0 spiro atoms. The number of carbonyl (C=O) groups excluding carboxylic acids is 1. The number of rotatable bonds is 5. The van der Waals surface area contributed by atoms with Gasteiger partial charge >= 0.3 is 0 Å². The summed E-state index contributed by atoms with van der Waals surface area (Å²) < 4.78 is 0. The highest BCUT2D eigenvalue weighted by molar-refractivity contribution is 6.23. The second kappa shape index (κ2) is 9.11. The zero-order valence-electron chi connectivity index (χ0n) is 20.8. The number of aliphatic hydroxyl groups excluding tert-OH is 1. The summed E-state index contributed by atoms with van der Waals surface area (Å²) >= 11 is 0. The lowest BCUT2D eigenvalue weighted by Crippen LogP contribution is -2.60. The predicted octanol–water partition coefficient (Wildman–Crippen LogP) is 5.46. The third kappa shape index (κ3) is 3.73. The molecule has 4 heteroatoms. The van der Waals surface area contributed by atoms with Crippen molar-refractivity contribution in [1.29, 1.82) is 0 Å². The molecule has 2 N–H and O–H groups in total. The monoisotopic (exact) mass is 466 g/mol. The van der Waals surface area contributed by atoms with Crippen LogP contribution in [0.25, 0.3) is 0 Å². The maximum absolute atomic E-state index is 12.2. The quantitative estimate of drug-likeness (QED) is 0.418. The van der Waals surface area contributed by atoms with Crippen LogP contribution in [0.5, 0.6) is 0 Å². The number of hydrogen-bond acceptors (Lipinski definition) is 3. The first kappa shape index (κ1) is 24.9. The van der Waals surface area contributed by atoms with Gasteiger partial charge in [0.25, 0.3) is 0 Å². The second-order valence-corrected chi connectivity index (χ2v) is 12.6. The summed E-state index contributed by atoms with van der Waals surface area (Å²) in [6.07, 6.45) is 10.8. The van der Waals surface area contributed by atoms with E-state index in [4.69, 9.17) is 0 Å². The average Bonchev–Trinajstić information content (AvgIpc) is 2.99. The maximum Gasteiger partial charge on any atom is 0.155 e. The summed E-state index contributed by atoms with van der Waals surface area (Å²) in [5, 5.41) is 23.7. The van der Waals surface area contributed by atoms with Gasteiger partial charge < -0.3 is 10.2 Å². The van der Waals surface area contributed by atoms with Crippen molar-refractivity contribution in [3.8, 4) is 5.50 Å². The lowest BCUT2D eigenvalue weighted by molar-refractivity contribution is -0.160. The van der Waals surface area contributed by atoms with Crippen molar-refractivity contribution >= 4 is 14.7 Å². The lowest BCUT2D eigenvalue weighted by Gasteiger charge is -2.60. The topological polar surface area (TPSA) is 57.5 Å². The summed E-state index contributed by atoms with van der Waals surface area (Å²) in [5.41, 5.74) is 4.01. The smallest absolute Gasteiger partial charge is 0.155 e. The number of carbonyl (C=O) groups is 1. The van der Waals surface area contributed by atoms with Crippen LogP contribution >= 0.6 is 0 Å². The van der Waals surface area contributed by atoms with Crippen LogP contribution in [0, 0.1) is 40.0 Å². The number of hydrogen-bond donors (Lipinski definition) is 2.